The van der Waals surface area contributed by atoms with E-state index >= 15 is 0 Å². The summed E-state index contributed by atoms with van der Waals surface area (Å²) in [4.78, 5) is 22.3. The van der Waals surface area contributed by atoms with Gasteiger partial charge in [-0.2, -0.15) is 0 Å². The zero-order valence-electron chi connectivity index (χ0n) is 11.3. The molecule has 21 heavy (non-hydrogen) atoms. The molecule has 3 aromatic rings. The standard InChI is InChI=1S/C14H14N4OS2/c19-13-11-9-2-1-3-10(9)21-12(11)16-14(20)18(13)7-6-17-5-4-15-8-17/h4-5,8H,1-3,6-7H2,(H,16,20). The van der Waals surface area contributed by atoms with Crippen molar-refractivity contribution in [1.82, 2.24) is 19.1 Å². The number of hydrogen-bond donors (Lipinski definition) is 1. The van der Waals surface area contributed by atoms with Crippen LogP contribution in [0.25, 0.3) is 10.2 Å². The Morgan fingerprint density at radius 2 is 2.29 bits per heavy atom. The average Bonchev–Trinajstić information content (AvgIpc) is 3.13. The zero-order valence-corrected chi connectivity index (χ0v) is 13.0. The Morgan fingerprint density at radius 3 is 3.10 bits per heavy atom. The van der Waals surface area contributed by atoms with Crippen molar-refractivity contribution in [3.05, 3.63) is 44.3 Å². The summed E-state index contributed by atoms with van der Waals surface area (Å²) in [7, 11) is 0. The second kappa shape index (κ2) is 4.92. The molecule has 4 rings (SSSR count). The number of fused-ring (bicyclic) bond motifs is 3. The van der Waals surface area contributed by atoms with Crippen LogP contribution in [0.3, 0.4) is 0 Å². The molecule has 3 aromatic heterocycles. The summed E-state index contributed by atoms with van der Waals surface area (Å²) in [6.45, 7) is 1.25. The summed E-state index contributed by atoms with van der Waals surface area (Å²) in [5, 5.41) is 0.853. The van der Waals surface area contributed by atoms with Crippen LogP contribution in [0, 0.1) is 4.77 Å². The monoisotopic (exact) mass is 318 g/mol. The van der Waals surface area contributed by atoms with Crippen LogP contribution in [-0.2, 0) is 25.9 Å². The molecule has 5 nitrogen and oxygen atoms in total. The van der Waals surface area contributed by atoms with Crippen molar-refractivity contribution < 1.29 is 0 Å². The van der Waals surface area contributed by atoms with Gasteiger partial charge in [0.2, 0.25) is 0 Å². The number of imidazole rings is 1. The average molecular weight is 318 g/mol. The highest BCUT2D eigenvalue weighted by Gasteiger charge is 2.21. The molecular formula is C14H14N4OS2. The van der Waals surface area contributed by atoms with E-state index in [4.69, 9.17) is 12.2 Å². The Balaban J connectivity index is 1.81. The van der Waals surface area contributed by atoms with Crippen molar-refractivity contribution in [3.63, 3.8) is 0 Å². The third-order valence-electron chi connectivity index (χ3n) is 3.99. The molecule has 1 aliphatic carbocycles. The van der Waals surface area contributed by atoms with Gasteiger partial charge in [-0.05, 0) is 37.0 Å². The van der Waals surface area contributed by atoms with Crippen LogP contribution in [0.4, 0.5) is 0 Å². The largest absolute Gasteiger partial charge is 0.336 e. The molecule has 0 radical (unpaired) electrons. The number of thiophene rings is 1. The fraction of sp³-hybridized carbons (Fsp3) is 0.357. The number of hydrogen-bond acceptors (Lipinski definition) is 4. The third kappa shape index (κ3) is 2.08. The minimum Gasteiger partial charge on any atom is -0.336 e. The first-order valence-electron chi connectivity index (χ1n) is 6.97. The van der Waals surface area contributed by atoms with Gasteiger partial charge < -0.3 is 9.55 Å². The molecule has 1 N–H and O–H groups in total. The fourth-order valence-corrected chi connectivity index (χ4v) is 4.57. The van der Waals surface area contributed by atoms with Crippen molar-refractivity contribution in [2.24, 2.45) is 0 Å². The van der Waals surface area contributed by atoms with Gasteiger partial charge in [-0.15, -0.1) is 11.3 Å². The second-order valence-corrected chi connectivity index (χ2v) is 6.74. The van der Waals surface area contributed by atoms with E-state index in [0.29, 0.717) is 17.9 Å². The lowest BCUT2D eigenvalue weighted by Crippen LogP contribution is -2.24. The molecule has 0 saturated heterocycles. The first-order valence-corrected chi connectivity index (χ1v) is 8.19. The highest BCUT2D eigenvalue weighted by Crippen LogP contribution is 2.34. The van der Waals surface area contributed by atoms with Gasteiger partial charge in [0, 0.05) is 30.4 Å². The van der Waals surface area contributed by atoms with E-state index in [9.17, 15) is 4.79 Å². The summed E-state index contributed by atoms with van der Waals surface area (Å²) in [6.07, 6.45) is 8.62. The van der Waals surface area contributed by atoms with E-state index in [2.05, 4.69) is 9.97 Å². The van der Waals surface area contributed by atoms with Crippen molar-refractivity contribution in [1.29, 1.82) is 0 Å². The smallest absolute Gasteiger partial charge is 0.263 e. The fourth-order valence-electron chi connectivity index (χ4n) is 2.95. The Kier molecular flexibility index (Phi) is 3.04. The van der Waals surface area contributed by atoms with Crippen LogP contribution >= 0.6 is 23.6 Å². The number of aromatic nitrogens is 4. The van der Waals surface area contributed by atoms with Gasteiger partial charge in [0.15, 0.2) is 4.77 Å². The quantitative estimate of drug-likeness (QED) is 0.755. The number of nitrogens with one attached hydrogen (secondary N) is 1. The van der Waals surface area contributed by atoms with E-state index in [1.54, 1.807) is 28.4 Å². The molecule has 0 unspecified atom stereocenters. The summed E-state index contributed by atoms with van der Waals surface area (Å²) >= 11 is 7.05. The Hall–Kier alpha value is -1.73. The Bertz CT molecular complexity index is 917. The van der Waals surface area contributed by atoms with Gasteiger partial charge in [-0.3, -0.25) is 9.36 Å². The van der Waals surface area contributed by atoms with Gasteiger partial charge in [-0.25, -0.2) is 4.98 Å². The topological polar surface area (TPSA) is 55.6 Å². The van der Waals surface area contributed by atoms with Crippen molar-refractivity contribution in [2.45, 2.75) is 32.4 Å². The summed E-state index contributed by atoms with van der Waals surface area (Å²) in [6, 6.07) is 0. The second-order valence-electron chi connectivity index (χ2n) is 5.25. The van der Waals surface area contributed by atoms with Crippen LogP contribution < -0.4 is 5.56 Å². The van der Waals surface area contributed by atoms with E-state index in [1.807, 2.05) is 10.8 Å². The first kappa shape index (κ1) is 13.0. The molecule has 0 amide bonds. The number of rotatable bonds is 3. The lowest BCUT2D eigenvalue weighted by atomic mass is 10.2. The van der Waals surface area contributed by atoms with Crippen LogP contribution in [0.5, 0.6) is 0 Å². The predicted molar refractivity (Wildman–Crippen MR) is 85.5 cm³/mol. The van der Waals surface area contributed by atoms with Crippen molar-refractivity contribution in [3.8, 4) is 0 Å². The van der Waals surface area contributed by atoms with E-state index in [0.717, 1.165) is 29.5 Å². The molecule has 1 aliphatic rings. The van der Waals surface area contributed by atoms with Crippen LogP contribution in [0.15, 0.2) is 23.5 Å². The van der Waals surface area contributed by atoms with Crippen LogP contribution in [0.1, 0.15) is 16.9 Å². The van der Waals surface area contributed by atoms with Gasteiger partial charge >= 0.3 is 0 Å². The van der Waals surface area contributed by atoms with Gasteiger partial charge in [0.1, 0.15) is 4.83 Å². The molecule has 0 spiro atoms. The number of H-pyrrole nitrogens is 1. The molecule has 108 valence electrons. The predicted octanol–water partition coefficient (Wildman–Crippen LogP) is 2.51. The maximum absolute atomic E-state index is 12.8. The summed E-state index contributed by atoms with van der Waals surface area (Å²) in [5.41, 5.74) is 1.29. The van der Waals surface area contributed by atoms with E-state index in [-0.39, 0.29) is 5.56 Å². The normalized spacial score (nSPS) is 13.9. The first-order chi connectivity index (χ1) is 10.2. The number of nitrogens with zero attached hydrogens (tertiary/aromatic N) is 3. The lowest BCUT2D eigenvalue weighted by Gasteiger charge is -2.07. The zero-order chi connectivity index (χ0) is 14.4. The Labute approximate surface area is 129 Å². The molecule has 0 bridgehead atoms. The van der Waals surface area contributed by atoms with Crippen LogP contribution in [0.2, 0.25) is 0 Å². The SMILES string of the molecule is O=c1c2c3c(sc2[nH]c(=S)n1CCn1ccnc1)CCC3. The van der Waals surface area contributed by atoms with Crippen molar-refractivity contribution in [2.75, 3.05) is 0 Å². The maximum atomic E-state index is 12.8. The molecule has 7 heteroatoms. The summed E-state index contributed by atoms with van der Waals surface area (Å²) in [5.74, 6) is 0. The summed E-state index contributed by atoms with van der Waals surface area (Å²) < 4.78 is 4.12. The molecule has 0 aromatic carbocycles. The number of aromatic amines is 1. The number of aryl methyl sites for hydroxylation is 3. The molecule has 0 atom stereocenters. The molecule has 0 fully saturated rings. The molecule has 0 aliphatic heterocycles. The van der Waals surface area contributed by atoms with Gasteiger partial charge in [0.05, 0.1) is 11.7 Å². The molecule has 3 heterocycles. The van der Waals surface area contributed by atoms with E-state index < -0.39 is 0 Å². The van der Waals surface area contributed by atoms with Gasteiger partial charge in [0.25, 0.3) is 5.56 Å². The minimum absolute atomic E-state index is 0.0493. The Morgan fingerprint density at radius 1 is 1.38 bits per heavy atom. The van der Waals surface area contributed by atoms with Crippen LogP contribution in [-0.4, -0.2) is 19.1 Å². The molecule has 0 saturated carbocycles. The molecular weight excluding hydrogens is 304 g/mol. The highest BCUT2D eigenvalue weighted by molar-refractivity contribution is 7.71. The van der Waals surface area contributed by atoms with E-state index in [1.165, 1.54) is 10.4 Å². The van der Waals surface area contributed by atoms with Crippen molar-refractivity contribution >= 4 is 33.8 Å². The maximum Gasteiger partial charge on any atom is 0.263 e. The lowest BCUT2D eigenvalue weighted by molar-refractivity contribution is 0.556. The third-order valence-corrected chi connectivity index (χ3v) is 5.52. The highest BCUT2D eigenvalue weighted by atomic mass is 32.1. The van der Waals surface area contributed by atoms with Gasteiger partial charge in [-0.1, -0.05) is 0 Å². The minimum atomic E-state index is 0.0493.